The second-order valence-electron chi connectivity index (χ2n) is 0.112. The van der Waals surface area contributed by atoms with Gasteiger partial charge in [-0.1, -0.05) is 0 Å². The van der Waals surface area contributed by atoms with Gasteiger partial charge in [0.15, 0.2) is 0 Å². The molecule has 0 atom stereocenters. The summed E-state index contributed by atoms with van der Waals surface area (Å²) < 4.78 is 0. The van der Waals surface area contributed by atoms with Crippen LogP contribution >= 0.6 is 0 Å². The Labute approximate surface area is 74.3 Å². The van der Waals surface area contributed by atoms with Gasteiger partial charge in [-0.05, 0) is 0 Å². The molecule has 1 nitrogen and oxygen atoms in total. The van der Waals surface area contributed by atoms with Gasteiger partial charge in [0, 0.05) is 17.1 Å². The summed E-state index contributed by atoms with van der Waals surface area (Å²) in [6, 6.07) is 0. The van der Waals surface area contributed by atoms with Gasteiger partial charge in [0.2, 0.25) is 0 Å². The van der Waals surface area contributed by atoms with Crippen molar-refractivity contribution in [2.24, 2.45) is 0 Å². The van der Waals surface area contributed by atoms with Crippen LogP contribution in [0.25, 0.3) is 0 Å². The molecule has 0 saturated carbocycles. The van der Waals surface area contributed by atoms with Crippen molar-refractivity contribution in [1.82, 2.24) is 0 Å². The molecule has 5 heteroatoms. The van der Waals surface area contributed by atoms with E-state index >= 15 is 0 Å². The van der Waals surface area contributed by atoms with Crippen LogP contribution in [-0.2, 0) is 32.4 Å². The second-order valence-corrected chi connectivity index (χ2v) is 1.38. The SMILES string of the molecule is O[SiH2][Fe].[Mn].[NaH]. The first-order valence-corrected chi connectivity index (χ1v) is 4.04. The molecule has 1 N–H and O–H groups in total. The molecular formula is H4FeMnNaOSi. The van der Waals surface area contributed by atoms with Crippen LogP contribution in [0, 0.1) is 0 Å². The minimum atomic E-state index is -0.833. The van der Waals surface area contributed by atoms with Crippen molar-refractivity contribution in [3.63, 3.8) is 0 Å². The van der Waals surface area contributed by atoms with Gasteiger partial charge in [0.25, 0.3) is 0 Å². The molecule has 0 aromatic heterocycles. The molecule has 0 heterocycles. The van der Waals surface area contributed by atoms with E-state index in [1.165, 1.54) is 0 Å². The Morgan fingerprint density at radius 3 is 1.60 bits per heavy atom. The molecule has 1 radical (unpaired) electrons. The predicted octanol–water partition coefficient (Wildman–Crippen LogP) is -2.13. The summed E-state index contributed by atoms with van der Waals surface area (Å²) in [4.78, 5) is 7.60. The normalized spacial score (nSPS) is 6.00. The second kappa shape index (κ2) is 16.4. The molecule has 0 aliphatic carbocycles. The summed E-state index contributed by atoms with van der Waals surface area (Å²) >= 11 is 3.18. The third-order valence-corrected chi connectivity index (χ3v) is 0. The Hall–Kier alpha value is 2.22. The molecule has 0 aliphatic heterocycles. The molecule has 0 bridgehead atoms. The summed E-state index contributed by atoms with van der Waals surface area (Å²) in [6.07, 6.45) is 0. The molecule has 0 rings (SSSR count). The maximum atomic E-state index is 7.60. The molecule has 0 aromatic carbocycles. The molecular weight excluding hydrogens is 178 g/mol. The van der Waals surface area contributed by atoms with Crippen molar-refractivity contribution in [1.29, 1.82) is 0 Å². The van der Waals surface area contributed by atoms with Gasteiger partial charge in [-0.15, -0.1) is 0 Å². The molecule has 0 spiro atoms. The van der Waals surface area contributed by atoms with Crippen molar-refractivity contribution in [2.75, 3.05) is 0 Å². The van der Waals surface area contributed by atoms with E-state index in [0.29, 0.717) is 0 Å². The summed E-state index contributed by atoms with van der Waals surface area (Å²) in [5.74, 6) is 0. The zero-order valence-corrected chi connectivity index (χ0v) is 5.58. The van der Waals surface area contributed by atoms with E-state index in [1.54, 1.807) is 0 Å². The van der Waals surface area contributed by atoms with E-state index in [-0.39, 0.29) is 46.6 Å². The molecule has 0 aliphatic rings. The van der Waals surface area contributed by atoms with Crippen LogP contribution in [0.2, 0.25) is 0 Å². The maximum absolute atomic E-state index is 7.60. The van der Waals surface area contributed by atoms with Gasteiger partial charge in [0.05, 0.1) is 0 Å². The fourth-order valence-electron chi connectivity index (χ4n) is 0. The van der Waals surface area contributed by atoms with E-state index < -0.39 is 8.37 Å². The average Bonchev–Trinajstić information content (AvgIpc) is 0.918. The Morgan fingerprint density at radius 2 is 1.60 bits per heavy atom. The first kappa shape index (κ1) is 15.7. The van der Waals surface area contributed by atoms with Crippen LogP contribution in [0.5, 0.6) is 0 Å². The van der Waals surface area contributed by atoms with Crippen LogP contribution in [0.15, 0.2) is 0 Å². The molecule has 30 valence electrons. The third kappa shape index (κ3) is 22.5. The molecule has 0 fully saturated rings. The van der Waals surface area contributed by atoms with Crippen molar-refractivity contribution < 1.29 is 37.2 Å². The topological polar surface area (TPSA) is 20.2 Å². The van der Waals surface area contributed by atoms with E-state index in [1.807, 2.05) is 0 Å². The Kier molecular flexibility index (Phi) is 51.3. The van der Waals surface area contributed by atoms with Crippen LogP contribution < -0.4 is 0 Å². The van der Waals surface area contributed by atoms with E-state index in [0.717, 1.165) is 0 Å². The van der Waals surface area contributed by atoms with E-state index in [4.69, 9.17) is 4.80 Å². The molecule has 0 amide bonds. The summed E-state index contributed by atoms with van der Waals surface area (Å²) in [7, 11) is -0.833. The van der Waals surface area contributed by atoms with Crippen molar-refractivity contribution in [3.8, 4) is 0 Å². The monoisotopic (exact) mass is 182 g/mol. The average molecular weight is 182 g/mol. The van der Waals surface area contributed by atoms with Gasteiger partial charge in [0.1, 0.15) is 0 Å². The Morgan fingerprint density at radius 1 is 1.60 bits per heavy atom. The summed E-state index contributed by atoms with van der Waals surface area (Å²) in [5, 5.41) is 0. The molecule has 0 saturated heterocycles. The van der Waals surface area contributed by atoms with Crippen molar-refractivity contribution in [3.05, 3.63) is 0 Å². The van der Waals surface area contributed by atoms with Gasteiger partial charge < -0.3 is 0 Å². The first-order valence-electron chi connectivity index (χ1n) is 0.566. The fraction of sp³-hybridized carbons (Fsp3) is 0. The molecule has 0 unspecified atom stereocenters. The Bertz CT molecular complexity index is 11.6. The predicted molar refractivity (Wildman–Crippen MR) is 17.9 cm³/mol. The van der Waals surface area contributed by atoms with Crippen molar-refractivity contribution in [2.45, 2.75) is 0 Å². The standard InChI is InChI=1S/Fe.Mn.Na.H3OSi.H/c;;;1-2;/h;;;1H,2H2;. The minimum absolute atomic E-state index is 0. The first-order chi connectivity index (χ1) is 1.41. The van der Waals surface area contributed by atoms with Gasteiger partial charge in [-0.25, -0.2) is 0 Å². The van der Waals surface area contributed by atoms with E-state index in [9.17, 15) is 0 Å². The number of hydrogen-bond donors (Lipinski definition) is 1. The fourth-order valence-corrected chi connectivity index (χ4v) is 0. The molecule has 0 aromatic rings. The van der Waals surface area contributed by atoms with Crippen molar-refractivity contribution >= 4 is 37.9 Å². The number of rotatable bonds is 0. The summed E-state index contributed by atoms with van der Waals surface area (Å²) in [6.45, 7) is 0. The zero-order chi connectivity index (χ0) is 2.71. The number of hydrogen-bond acceptors (Lipinski definition) is 1. The van der Waals surface area contributed by atoms with Crippen LogP contribution in [-0.4, -0.2) is 42.7 Å². The van der Waals surface area contributed by atoms with Gasteiger partial charge in [-0.3, -0.25) is 0 Å². The van der Waals surface area contributed by atoms with Crippen LogP contribution in [0.3, 0.4) is 0 Å². The molecule has 5 heavy (non-hydrogen) atoms. The van der Waals surface area contributed by atoms with Gasteiger partial charge >= 0.3 is 58.1 Å². The summed E-state index contributed by atoms with van der Waals surface area (Å²) in [5.41, 5.74) is 0. The quantitative estimate of drug-likeness (QED) is 0.424. The zero-order valence-electron chi connectivity index (χ0n) is 1.89. The van der Waals surface area contributed by atoms with E-state index in [2.05, 4.69) is 15.4 Å². The van der Waals surface area contributed by atoms with Crippen LogP contribution in [0.4, 0.5) is 0 Å². The van der Waals surface area contributed by atoms with Gasteiger partial charge in [-0.2, -0.15) is 0 Å². The third-order valence-electron chi connectivity index (χ3n) is 0. The Balaban J connectivity index is -0.0000000200. The van der Waals surface area contributed by atoms with Crippen LogP contribution in [0.1, 0.15) is 0 Å².